The molecule has 1 amide bonds. The summed E-state index contributed by atoms with van der Waals surface area (Å²) in [5.41, 5.74) is 1.43. The number of nitrogens with zero attached hydrogens (tertiary/aromatic N) is 1. The van der Waals surface area contributed by atoms with Crippen LogP contribution in [0.3, 0.4) is 0 Å². The van der Waals surface area contributed by atoms with Gasteiger partial charge in [-0.1, -0.05) is 17.0 Å². The van der Waals surface area contributed by atoms with E-state index in [2.05, 4.69) is 22.3 Å². The number of halogens is 1. The average molecular weight is 288 g/mol. The number of hydrogen-bond acceptors (Lipinski definition) is 4. The number of carbonyl (C=O) groups excluding carboxylic acids is 1. The molecule has 1 aromatic heterocycles. The molecule has 0 unspecified atom stereocenters. The molecule has 0 saturated heterocycles. The Balaban J connectivity index is 2.33. The van der Waals surface area contributed by atoms with Crippen molar-refractivity contribution < 1.29 is 18.8 Å². The number of aliphatic hydroxyl groups excluding tert-OH is 1. The highest BCUT2D eigenvalue weighted by Crippen LogP contribution is 2.19. The van der Waals surface area contributed by atoms with Crippen LogP contribution in [0, 0.1) is 31.5 Å². The second-order valence-corrected chi connectivity index (χ2v) is 4.30. The van der Waals surface area contributed by atoms with Gasteiger partial charge in [0.1, 0.15) is 23.7 Å². The summed E-state index contributed by atoms with van der Waals surface area (Å²) in [6, 6.07) is 3.81. The molecule has 1 heterocycles. The van der Waals surface area contributed by atoms with E-state index in [1.165, 1.54) is 18.2 Å². The van der Waals surface area contributed by atoms with E-state index in [0.29, 0.717) is 22.7 Å². The summed E-state index contributed by atoms with van der Waals surface area (Å²) in [5.74, 6) is 4.52. The molecule has 0 atom stereocenters. The van der Waals surface area contributed by atoms with Crippen molar-refractivity contribution >= 4 is 11.6 Å². The number of amides is 1. The van der Waals surface area contributed by atoms with Gasteiger partial charge in [0.15, 0.2) is 0 Å². The molecule has 6 heteroatoms. The minimum absolute atomic E-state index is 0.282. The van der Waals surface area contributed by atoms with Gasteiger partial charge in [-0.3, -0.25) is 4.79 Å². The van der Waals surface area contributed by atoms with E-state index in [9.17, 15) is 9.18 Å². The minimum atomic E-state index is -0.479. The largest absolute Gasteiger partial charge is 0.384 e. The Morgan fingerprint density at radius 3 is 2.86 bits per heavy atom. The Hall–Kier alpha value is -2.65. The smallest absolute Gasteiger partial charge is 0.261 e. The van der Waals surface area contributed by atoms with Crippen LogP contribution in [0.4, 0.5) is 10.1 Å². The molecule has 1 aromatic carbocycles. The summed E-state index contributed by atoms with van der Waals surface area (Å²) in [7, 11) is 0. The molecular formula is C15H13FN2O3. The molecule has 0 aliphatic heterocycles. The van der Waals surface area contributed by atoms with Crippen molar-refractivity contribution in [1.82, 2.24) is 5.16 Å². The van der Waals surface area contributed by atoms with Crippen molar-refractivity contribution in [2.45, 2.75) is 13.8 Å². The van der Waals surface area contributed by atoms with E-state index in [-0.39, 0.29) is 12.2 Å². The second kappa shape index (κ2) is 6.20. The first-order valence-corrected chi connectivity index (χ1v) is 6.16. The summed E-state index contributed by atoms with van der Waals surface area (Å²) in [6.45, 7) is 2.93. The van der Waals surface area contributed by atoms with Gasteiger partial charge in [-0.25, -0.2) is 4.39 Å². The van der Waals surface area contributed by atoms with Crippen LogP contribution in [-0.4, -0.2) is 22.8 Å². The molecule has 2 N–H and O–H groups in total. The predicted octanol–water partition coefficient (Wildman–Crippen LogP) is 2.03. The molecule has 0 aliphatic rings. The summed E-state index contributed by atoms with van der Waals surface area (Å²) >= 11 is 0. The molecular weight excluding hydrogens is 275 g/mol. The number of aromatic nitrogens is 1. The fourth-order valence-electron chi connectivity index (χ4n) is 1.86. The standard InChI is InChI=1S/C15H13FN2O3/c1-9-14(10(2)21-18-9)15(20)17-13-6-5-12(16)8-11(13)4-3-7-19/h5-6,8,19H,7H2,1-2H3,(H,17,20). The van der Waals surface area contributed by atoms with Crippen molar-refractivity contribution in [3.63, 3.8) is 0 Å². The Kier molecular flexibility index (Phi) is 4.36. The first-order chi connectivity index (χ1) is 10.0. The van der Waals surface area contributed by atoms with Crippen LogP contribution < -0.4 is 5.32 Å². The minimum Gasteiger partial charge on any atom is -0.384 e. The molecule has 0 radical (unpaired) electrons. The van der Waals surface area contributed by atoms with Crippen LogP contribution in [-0.2, 0) is 0 Å². The molecule has 21 heavy (non-hydrogen) atoms. The van der Waals surface area contributed by atoms with Gasteiger partial charge in [-0.05, 0) is 32.0 Å². The number of nitrogens with one attached hydrogen (secondary N) is 1. The van der Waals surface area contributed by atoms with Gasteiger partial charge in [0, 0.05) is 0 Å². The lowest BCUT2D eigenvalue weighted by atomic mass is 10.1. The van der Waals surface area contributed by atoms with Gasteiger partial charge >= 0.3 is 0 Å². The zero-order valence-corrected chi connectivity index (χ0v) is 11.5. The molecule has 0 spiro atoms. The molecule has 0 saturated carbocycles. The Morgan fingerprint density at radius 1 is 1.48 bits per heavy atom. The summed E-state index contributed by atoms with van der Waals surface area (Å²) in [4.78, 5) is 12.2. The highest BCUT2D eigenvalue weighted by Gasteiger charge is 2.18. The maximum absolute atomic E-state index is 13.2. The number of aliphatic hydroxyl groups is 1. The van der Waals surface area contributed by atoms with Gasteiger partial charge in [-0.2, -0.15) is 0 Å². The van der Waals surface area contributed by atoms with Crippen LogP contribution in [0.1, 0.15) is 27.4 Å². The van der Waals surface area contributed by atoms with Gasteiger partial charge in [0.25, 0.3) is 5.91 Å². The number of hydrogen-bond donors (Lipinski definition) is 2. The van der Waals surface area contributed by atoms with Crippen LogP contribution in [0.2, 0.25) is 0 Å². The first-order valence-electron chi connectivity index (χ1n) is 6.16. The zero-order valence-electron chi connectivity index (χ0n) is 11.5. The Morgan fingerprint density at radius 2 is 2.24 bits per heavy atom. The summed E-state index contributed by atoms with van der Waals surface area (Å²) in [5, 5.41) is 15.1. The summed E-state index contributed by atoms with van der Waals surface area (Å²) in [6.07, 6.45) is 0. The number of aryl methyl sites for hydroxylation is 2. The maximum Gasteiger partial charge on any atom is 0.261 e. The topological polar surface area (TPSA) is 75.4 Å². The Labute approximate surface area is 120 Å². The normalized spacial score (nSPS) is 9.90. The highest BCUT2D eigenvalue weighted by molar-refractivity contribution is 6.06. The SMILES string of the molecule is Cc1noc(C)c1C(=O)Nc1ccc(F)cc1C#CCO. The third-order valence-electron chi connectivity index (χ3n) is 2.79. The van der Waals surface area contributed by atoms with Gasteiger partial charge < -0.3 is 14.9 Å². The van der Waals surface area contributed by atoms with E-state index in [1.54, 1.807) is 13.8 Å². The van der Waals surface area contributed by atoms with Gasteiger partial charge in [-0.15, -0.1) is 0 Å². The lowest BCUT2D eigenvalue weighted by Gasteiger charge is -2.07. The van der Waals surface area contributed by atoms with Gasteiger partial charge in [0.2, 0.25) is 0 Å². The lowest BCUT2D eigenvalue weighted by molar-refractivity contribution is 0.102. The Bertz CT molecular complexity index is 722. The van der Waals surface area contributed by atoms with E-state index in [0.717, 1.165) is 0 Å². The van der Waals surface area contributed by atoms with Crippen molar-refractivity contribution in [3.8, 4) is 11.8 Å². The number of rotatable bonds is 2. The van der Waals surface area contributed by atoms with Crippen molar-refractivity contribution in [2.75, 3.05) is 11.9 Å². The van der Waals surface area contributed by atoms with Crippen molar-refractivity contribution in [1.29, 1.82) is 0 Å². The molecule has 0 bridgehead atoms. The lowest BCUT2D eigenvalue weighted by Crippen LogP contribution is -2.14. The van der Waals surface area contributed by atoms with Crippen LogP contribution in [0.25, 0.3) is 0 Å². The molecule has 5 nitrogen and oxygen atoms in total. The van der Waals surface area contributed by atoms with Crippen LogP contribution in [0.5, 0.6) is 0 Å². The van der Waals surface area contributed by atoms with Crippen LogP contribution >= 0.6 is 0 Å². The number of anilines is 1. The first kappa shape index (κ1) is 14.8. The third kappa shape index (κ3) is 3.27. The van der Waals surface area contributed by atoms with E-state index >= 15 is 0 Å². The number of benzene rings is 1. The van der Waals surface area contributed by atoms with Crippen molar-refractivity contribution in [2.24, 2.45) is 0 Å². The quantitative estimate of drug-likeness (QED) is 0.829. The van der Waals surface area contributed by atoms with Crippen LogP contribution in [0.15, 0.2) is 22.7 Å². The molecule has 2 aromatic rings. The van der Waals surface area contributed by atoms with E-state index < -0.39 is 11.7 Å². The number of carbonyl (C=O) groups is 1. The van der Waals surface area contributed by atoms with E-state index in [4.69, 9.17) is 9.63 Å². The van der Waals surface area contributed by atoms with Gasteiger partial charge in [0.05, 0.1) is 16.9 Å². The fourth-order valence-corrected chi connectivity index (χ4v) is 1.86. The molecule has 0 aliphatic carbocycles. The monoisotopic (exact) mass is 288 g/mol. The third-order valence-corrected chi connectivity index (χ3v) is 2.79. The second-order valence-electron chi connectivity index (χ2n) is 4.30. The maximum atomic E-state index is 13.2. The fraction of sp³-hybridized carbons (Fsp3) is 0.200. The van der Waals surface area contributed by atoms with E-state index in [1.807, 2.05) is 0 Å². The molecule has 2 rings (SSSR count). The zero-order chi connectivity index (χ0) is 15.4. The molecule has 108 valence electrons. The average Bonchev–Trinajstić information content (AvgIpc) is 2.78. The predicted molar refractivity (Wildman–Crippen MR) is 74.3 cm³/mol. The summed E-state index contributed by atoms with van der Waals surface area (Å²) < 4.78 is 18.2. The van der Waals surface area contributed by atoms with Crippen molar-refractivity contribution in [3.05, 3.63) is 46.6 Å². The molecule has 0 fully saturated rings. The highest BCUT2D eigenvalue weighted by atomic mass is 19.1.